The largest absolute Gasteiger partial charge is 0.353 e. The minimum absolute atomic E-state index is 0.243. The highest BCUT2D eigenvalue weighted by Crippen LogP contribution is 2.25. The second-order valence-corrected chi connectivity index (χ2v) is 5.95. The SMILES string of the molecule is CCCC(CCN)CCC(=O)NC1CCC(C)C1. The molecule has 0 bridgehead atoms. The Balaban J connectivity index is 2.18. The van der Waals surface area contributed by atoms with Crippen LogP contribution in [0, 0.1) is 11.8 Å². The van der Waals surface area contributed by atoms with Crippen molar-refractivity contribution in [3.63, 3.8) is 0 Å². The van der Waals surface area contributed by atoms with Crippen molar-refractivity contribution in [2.24, 2.45) is 17.6 Å². The number of hydrogen-bond donors (Lipinski definition) is 2. The molecule has 1 aliphatic rings. The topological polar surface area (TPSA) is 55.1 Å². The summed E-state index contributed by atoms with van der Waals surface area (Å²) in [6.07, 6.45) is 8.70. The second kappa shape index (κ2) is 8.52. The molecule has 0 spiro atoms. The zero-order valence-corrected chi connectivity index (χ0v) is 12.1. The molecule has 0 radical (unpaired) electrons. The highest BCUT2D eigenvalue weighted by molar-refractivity contribution is 5.76. The molecule has 0 saturated heterocycles. The molecule has 3 N–H and O–H groups in total. The normalized spacial score (nSPS) is 25.1. The van der Waals surface area contributed by atoms with E-state index in [2.05, 4.69) is 19.2 Å². The first-order valence-electron chi connectivity index (χ1n) is 7.65. The maximum absolute atomic E-state index is 11.9. The number of carbonyl (C=O) groups excluding carboxylic acids is 1. The quantitative estimate of drug-likeness (QED) is 0.700. The summed E-state index contributed by atoms with van der Waals surface area (Å²) in [6.45, 7) is 5.21. The van der Waals surface area contributed by atoms with Gasteiger partial charge >= 0.3 is 0 Å². The Morgan fingerprint density at radius 1 is 1.33 bits per heavy atom. The fourth-order valence-electron chi connectivity index (χ4n) is 3.05. The summed E-state index contributed by atoms with van der Waals surface area (Å²) < 4.78 is 0. The van der Waals surface area contributed by atoms with Gasteiger partial charge in [-0.3, -0.25) is 4.79 Å². The molecule has 0 aromatic rings. The molecular formula is C15H30N2O. The van der Waals surface area contributed by atoms with E-state index in [1.54, 1.807) is 0 Å². The summed E-state index contributed by atoms with van der Waals surface area (Å²) in [4.78, 5) is 11.9. The summed E-state index contributed by atoms with van der Waals surface area (Å²) in [5.74, 6) is 1.65. The molecule has 1 rings (SSSR count). The summed E-state index contributed by atoms with van der Waals surface area (Å²) in [7, 11) is 0. The molecule has 1 saturated carbocycles. The molecule has 3 atom stereocenters. The fourth-order valence-corrected chi connectivity index (χ4v) is 3.05. The predicted octanol–water partition coefficient (Wildman–Crippen LogP) is 2.84. The van der Waals surface area contributed by atoms with E-state index in [-0.39, 0.29) is 5.91 Å². The Bertz CT molecular complexity index is 237. The number of rotatable bonds is 8. The van der Waals surface area contributed by atoms with Crippen LogP contribution in [0.15, 0.2) is 0 Å². The fraction of sp³-hybridized carbons (Fsp3) is 0.933. The summed E-state index contributed by atoms with van der Waals surface area (Å²) in [5, 5.41) is 3.18. The van der Waals surface area contributed by atoms with Crippen molar-refractivity contribution in [3.8, 4) is 0 Å². The highest BCUT2D eigenvalue weighted by Gasteiger charge is 2.22. The minimum Gasteiger partial charge on any atom is -0.353 e. The molecule has 106 valence electrons. The summed E-state index contributed by atoms with van der Waals surface area (Å²) >= 11 is 0. The smallest absolute Gasteiger partial charge is 0.220 e. The van der Waals surface area contributed by atoms with E-state index >= 15 is 0 Å². The van der Waals surface area contributed by atoms with Crippen LogP contribution in [0.3, 0.4) is 0 Å². The summed E-state index contributed by atoms with van der Waals surface area (Å²) in [5.41, 5.74) is 5.61. The van der Waals surface area contributed by atoms with Crippen LogP contribution in [0.5, 0.6) is 0 Å². The molecule has 1 amide bonds. The van der Waals surface area contributed by atoms with Gasteiger partial charge in [-0.05, 0) is 50.5 Å². The molecular weight excluding hydrogens is 224 g/mol. The first-order valence-corrected chi connectivity index (χ1v) is 7.65. The van der Waals surface area contributed by atoms with Crippen LogP contribution in [0.2, 0.25) is 0 Å². The number of carbonyl (C=O) groups is 1. The Hall–Kier alpha value is -0.570. The summed E-state index contributed by atoms with van der Waals surface area (Å²) in [6, 6.07) is 0.437. The van der Waals surface area contributed by atoms with Crippen molar-refractivity contribution in [1.82, 2.24) is 5.32 Å². The van der Waals surface area contributed by atoms with Gasteiger partial charge in [-0.1, -0.05) is 26.7 Å². The average molecular weight is 254 g/mol. The minimum atomic E-state index is 0.243. The van der Waals surface area contributed by atoms with E-state index in [1.807, 2.05) is 0 Å². The third-order valence-corrected chi connectivity index (χ3v) is 4.11. The van der Waals surface area contributed by atoms with Crippen LogP contribution in [0.4, 0.5) is 0 Å². The van der Waals surface area contributed by atoms with Gasteiger partial charge in [-0.2, -0.15) is 0 Å². The first kappa shape index (κ1) is 15.5. The molecule has 0 aromatic carbocycles. The van der Waals surface area contributed by atoms with E-state index in [0.29, 0.717) is 18.4 Å². The third kappa shape index (κ3) is 5.85. The van der Waals surface area contributed by atoms with Crippen molar-refractivity contribution < 1.29 is 4.79 Å². The van der Waals surface area contributed by atoms with Crippen LogP contribution in [0.1, 0.15) is 65.2 Å². The van der Waals surface area contributed by atoms with Gasteiger partial charge in [0.05, 0.1) is 0 Å². The standard InChI is InChI=1S/C15H30N2O/c1-3-4-13(9-10-16)6-8-15(18)17-14-7-5-12(2)11-14/h12-14H,3-11,16H2,1-2H3,(H,17,18). The van der Waals surface area contributed by atoms with Crippen LogP contribution in [-0.4, -0.2) is 18.5 Å². The van der Waals surface area contributed by atoms with Gasteiger partial charge in [0.25, 0.3) is 0 Å². The average Bonchev–Trinajstić information content (AvgIpc) is 2.72. The Labute approximate surface area is 112 Å². The van der Waals surface area contributed by atoms with Gasteiger partial charge in [0.15, 0.2) is 0 Å². The molecule has 18 heavy (non-hydrogen) atoms. The van der Waals surface area contributed by atoms with Crippen LogP contribution < -0.4 is 11.1 Å². The van der Waals surface area contributed by atoms with E-state index in [0.717, 1.165) is 38.1 Å². The molecule has 1 fully saturated rings. The van der Waals surface area contributed by atoms with E-state index < -0.39 is 0 Å². The van der Waals surface area contributed by atoms with Gasteiger partial charge < -0.3 is 11.1 Å². The van der Waals surface area contributed by atoms with Crippen molar-refractivity contribution in [2.45, 2.75) is 71.3 Å². The van der Waals surface area contributed by atoms with Crippen LogP contribution in [-0.2, 0) is 4.79 Å². The third-order valence-electron chi connectivity index (χ3n) is 4.11. The molecule has 3 unspecified atom stereocenters. The maximum atomic E-state index is 11.9. The molecule has 0 aromatic heterocycles. The number of nitrogens with two attached hydrogens (primary N) is 1. The van der Waals surface area contributed by atoms with Crippen molar-refractivity contribution >= 4 is 5.91 Å². The molecule has 3 heteroatoms. The van der Waals surface area contributed by atoms with Gasteiger partial charge in [0.2, 0.25) is 5.91 Å². The van der Waals surface area contributed by atoms with Crippen LogP contribution in [0.25, 0.3) is 0 Å². The predicted molar refractivity (Wildman–Crippen MR) is 76.2 cm³/mol. The Morgan fingerprint density at radius 3 is 2.67 bits per heavy atom. The van der Waals surface area contributed by atoms with Crippen LogP contribution >= 0.6 is 0 Å². The second-order valence-electron chi connectivity index (χ2n) is 5.95. The maximum Gasteiger partial charge on any atom is 0.220 e. The molecule has 3 nitrogen and oxygen atoms in total. The van der Waals surface area contributed by atoms with Gasteiger partial charge in [0.1, 0.15) is 0 Å². The van der Waals surface area contributed by atoms with Crippen molar-refractivity contribution in [2.75, 3.05) is 6.54 Å². The number of amides is 1. The molecule has 0 heterocycles. The lowest BCUT2D eigenvalue weighted by atomic mass is 9.94. The zero-order valence-electron chi connectivity index (χ0n) is 12.1. The molecule has 1 aliphatic carbocycles. The lowest BCUT2D eigenvalue weighted by Crippen LogP contribution is -2.33. The van der Waals surface area contributed by atoms with E-state index in [1.165, 1.54) is 19.3 Å². The lowest BCUT2D eigenvalue weighted by Gasteiger charge is -2.16. The van der Waals surface area contributed by atoms with E-state index in [9.17, 15) is 4.79 Å². The highest BCUT2D eigenvalue weighted by atomic mass is 16.1. The lowest BCUT2D eigenvalue weighted by molar-refractivity contribution is -0.122. The van der Waals surface area contributed by atoms with Gasteiger partial charge in [-0.25, -0.2) is 0 Å². The Kier molecular flexibility index (Phi) is 7.33. The van der Waals surface area contributed by atoms with Gasteiger partial charge in [0, 0.05) is 12.5 Å². The van der Waals surface area contributed by atoms with Crippen molar-refractivity contribution in [3.05, 3.63) is 0 Å². The number of hydrogen-bond acceptors (Lipinski definition) is 2. The number of nitrogens with one attached hydrogen (secondary N) is 1. The first-order chi connectivity index (χ1) is 8.65. The van der Waals surface area contributed by atoms with E-state index in [4.69, 9.17) is 5.73 Å². The van der Waals surface area contributed by atoms with Crippen molar-refractivity contribution in [1.29, 1.82) is 0 Å². The molecule has 0 aliphatic heterocycles. The Morgan fingerprint density at radius 2 is 2.11 bits per heavy atom. The van der Waals surface area contributed by atoms with Gasteiger partial charge in [-0.15, -0.1) is 0 Å². The zero-order chi connectivity index (χ0) is 13.4. The monoisotopic (exact) mass is 254 g/mol.